The minimum Gasteiger partial charge on any atom is -0.356 e. The van der Waals surface area contributed by atoms with Gasteiger partial charge in [0.25, 0.3) is 0 Å². The van der Waals surface area contributed by atoms with Crippen molar-refractivity contribution in [2.24, 2.45) is 4.99 Å². The number of benzene rings is 1. The Balaban J connectivity index is 1.75. The largest absolute Gasteiger partial charge is 0.356 e. The van der Waals surface area contributed by atoms with Gasteiger partial charge in [0.2, 0.25) is 5.91 Å². The number of hydrogen-bond donors (Lipinski definition) is 3. The molecule has 0 spiro atoms. The zero-order valence-electron chi connectivity index (χ0n) is 16.6. The molecule has 7 heteroatoms. The number of guanidine groups is 1. The highest BCUT2D eigenvalue weighted by Gasteiger charge is 2.05. The van der Waals surface area contributed by atoms with E-state index in [-0.39, 0.29) is 5.91 Å². The van der Waals surface area contributed by atoms with Crippen molar-refractivity contribution in [1.29, 1.82) is 0 Å². The topological polar surface area (TPSA) is 78.4 Å². The Morgan fingerprint density at radius 3 is 2.52 bits per heavy atom. The molecule has 0 aliphatic carbocycles. The normalized spacial score (nSPS) is 11.3. The summed E-state index contributed by atoms with van der Waals surface area (Å²) in [6, 6.07) is 7.85. The summed E-state index contributed by atoms with van der Waals surface area (Å²) in [5.74, 6) is 0.818. The Kier molecular flexibility index (Phi) is 8.26. The fraction of sp³-hybridized carbons (Fsp3) is 0.450. The van der Waals surface area contributed by atoms with Crippen LogP contribution < -0.4 is 16.0 Å². The highest BCUT2D eigenvalue weighted by Crippen LogP contribution is 2.16. The van der Waals surface area contributed by atoms with Gasteiger partial charge in [-0.05, 0) is 38.0 Å². The van der Waals surface area contributed by atoms with Gasteiger partial charge in [0.1, 0.15) is 0 Å². The molecule has 27 heavy (non-hydrogen) atoms. The van der Waals surface area contributed by atoms with Crippen LogP contribution in [0.5, 0.6) is 0 Å². The quantitative estimate of drug-likeness (QED) is 0.479. The molecule has 6 nitrogen and oxygen atoms in total. The Labute approximate surface area is 165 Å². The molecule has 146 valence electrons. The lowest BCUT2D eigenvalue weighted by Crippen LogP contribution is -2.37. The van der Waals surface area contributed by atoms with E-state index in [1.165, 1.54) is 4.88 Å². The van der Waals surface area contributed by atoms with E-state index < -0.39 is 0 Å². The summed E-state index contributed by atoms with van der Waals surface area (Å²) in [7, 11) is 1.76. The molecule has 2 rings (SSSR count). The minimum atomic E-state index is 0.0543. The Bertz CT molecular complexity index is 748. The van der Waals surface area contributed by atoms with Crippen molar-refractivity contribution in [1.82, 2.24) is 15.6 Å². The molecule has 1 aromatic heterocycles. The van der Waals surface area contributed by atoms with Crippen LogP contribution in [-0.4, -0.2) is 30.4 Å². The van der Waals surface area contributed by atoms with Crippen molar-refractivity contribution in [2.75, 3.05) is 18.9 Å². The number of amides is 1. The van der Waals surface area contributed by atoms with E-state index in [1.807, 2.05) is 38.1 Å². The third-order valence-electron chi connectivity index (χ3n) is 4.10. The van der Waals surface area contributed by atoms with E-state index in [0.717, 1.165) is 47.3 Å². The van der Waals surface area contributed by atoms with Gasteiger partial charge < -0.3 is 16.0 Å². The molecule has 2 aromatic rings. The van der Waals surface area contributed by atoms with Crippen LogP contribution in [0.3, 0.4) is 0 Å². The van der Waals surface area contributed by atoms with Crippen LogP contribution in [0.2, 0.25) is 0 Å². The number of rotatable bonds is 8. The predicted molar refractivity (Wildman–Crippen MR) is 113 cm³/mol. The van der Waals surface area contributed by atoms with Crippen molar-refractivity contribution in [2.45, 2.75) is 46.6 Å². The number of thiazole rings is 1. The lowest BCUT2D eigenvalue weighted by atomic mass is 10.2. The summed E-state index contributed by atoms with van der Waals surface area (Å²) in [6.07, 6.45) is 2.28. The fourth-order valence-electron chi connectivity index (χ4n) is 2.50. The zero-order valence-corrected chi connectivity index (χ0v) is 17.4. The number of carbonyl (C=O) groups is 1. The van der Waals surface area contributed by atoms with Gasteiger partial charge in [-0.15, -0.1) is 11.3 Å². The van der Waals surface area contributed by atoms with Gasteiger partial charge in [0.05, 0.1) is 10.7 Å². The Morgan fingerprint density at radius 2 is 1.93 bits per heavy atom. The first-order valence-corrected chi connectivity index (χ1v) is 10.1. The van der Waals surface area contributed by atoms with Crippen LogP contribution in [0.15, 0.2) is 29.3 Å². The number of nitrogens with zero attached hydrogens (tertiary/aromatic N) is 2. The number of nitrogens with one attached hydrogen (secondary N) is 3. The van der Waals surface area contributed by atoms with Gasteiger partial charge >= 0.3 is 0 Å². The van der Waals surface area contributed by atoms with Crippen molar-refractivity contribution >= 4 is 28.9 Å². The Morgan fingerprint density at radius 1 is 1.19 bits per heavy atom. The zero-order chi connectivity index (χ0) is 19.6. The summed E-state index contributed by atoms with van der Waals surface area (Å²) < 4.78 is 0. The smallest absolute Gasteiger partial charge is 0.224 e. The standard InChI is InChI=1S/C20H29N5OS/c1-5-6-18(26)25-17-9-7-16(8-10-17)13-23-20(21-4)22-12-11-19-24-14(2)15(3)27-19/h7-10H,5-6,11-13H2,1-4H3,(H,25,26)(H2,21,22,23). The van der Waals surface area contributed by atoms with E-state index in [1.54, 1.807) is 18.4 Å². The molecule has 1 amide bonds. The molecular formula is C20H29N5OS. The first-order chi connectivity index (χ1) is 13.0. The third-order valence-corrected chi connectivity index (χ3v) is 5.24. The van der Waals surface area contributed by atoms with Crippen molar-refractivity contribution in [3.63, 3.8) is 0 Å². The van der Waals surface area contributed by atoms with Gasteiger partial charge in [-0.25, -0.2) is 4.98 Å². The first-order valence-electron chi connectivity index (χ1n) is 9.28. The molecule has 0 saturated heterocycles. The third kappa shape index (κ3) is 7.02. The number of aromatic nitrogens is 1. The van der Waals surface area contributed by atoms with Crippen molar-refractivity contribution < 1.29 is 4.79 Å². The van der Waals surface area contributed by atoms with E-state index in [2.05, 4.69) is 32.9 Å². The molecular weight excluding hydrogens is 358 g/mol. The molecule has 0 atom stereocenters. The van der Waals surface area contributed by atoms with Crippen LogP contribution in [0, 0.1) is 13.8 Å². The lowest BCUT2D eigenvalue weighted by Gasteiger charge is -2.12. The maximum absolute atomic E-state index is 11.6. The average molecular weight is 388 g/mol. The monoisotopic (exact) mass is 387 g/mol. The van der Waals surface area contributed by atoms with Gasteiger partial charge in [0.15, 0.2) is 5.96 Å². The summed E-state index contributed by atoms with van der Waals surface area (Å²) in [5.41, 5.74) is 3.07. The second-order valence-corrected chi connectivity index (χ2v) is 7.63. The number of aryl methyl sites for hydroxylation is 2. The van der Waals surface area contributed by atoms with E-state index in [0.29, 0.717) is 13.0 Å². The van der Waals surface area contributed by atoms with Crippen LogP contribution in [0.1, 0.15) is 40.9 Å². The van der Waals surface area contributed by atoms with Crippen molar-refractivity contribution in [3.05, 3.63) is 45.4 Å². The van der Waals surface area contributed by atoms with Crippen LogP contribution >= 0.6 is 11.3 Å². The maximum atomic E-state index is 11.6. The number of aliphatic imine (C=N–C) groups is 1. The van der Waals surface area contributed by atoms with E-state index in [9.17, 15) is 4.79 Å². The molecule has 1 aromatic carbocycles. The lowest BCUT2D eigenvalue weighted by molar-refractivity contribution is -0.116. The number of anilines is 1. The van der Waals surface area contributed by atoms with Gasteiger partial charge in [-0.2, -0.15) is 0 Å². The SMILES string of the molecule is CCCC(=O)Nc1ccc(CNC(=NC)NCCc2nc(C)c(C)s2)cc1. The highest BCUT2D eigenvalue weighted by molar-refractivity contribution is 7.11. The fourth-order valence-corrected chi connectivity index (χ4v) is 3.43. The van der Waals surface area contributed by atoms with Gasteiger partial charge in [0, 0.05) is 43.5 Å². The highest BCUT2D eigenvalue weighted by atomic mass is 32.1. The second-order valence-electron chi connectivity index (χ2n) is 6.35. The summed E-state index contributed by atoms with van der Waals surface area (Å²) in [5, 5.41) is 10.7. The summed E-state index contributed by atoms with van der Waals surface area (Å²) >= 11 is 1.75. The molecule has 3 N–H and O–H groups in total. The molecule has 0 saturated carbocycles. The second kappa shape index (κ2) is 10.7. The van der Waals surface area contributed by atoms with E-state index >= 15 is 0 Å². The predicted octanol–water partition coefficient (Wildman–Crippen LogP) is 3.41. The van der Waals surface area contributed by atoms with Crippen LogP contribution in [0.4, 0.5) is 5.69 Å². The molecule has 0 radical (unpaired) electrons. The molecule has 0 unspecified atom stereocenters. The minimum absolute atomic E-state index is 0.0543. The van der Waals surface area contributed by atoms with Crippen molar-refractivity contribution in [3.8, 4) is 0 Å². The van der Waals surface area contributed by atoms with Crippen LogP contribution in [0.25, 0.3) is 0 Å². The summed E-state index contributed by atoms with van der Waals surface area (Å²) in [6.45, 7) is 7.59. The average Bonchev–Trinajstić information content (AvgIpc) is 2.97. The van der Waals surface area contributed by atoms with E-state index in [4.69, 9.17) is 0 Å². The number of hydrogen-bond acceptors (Lipinski definition) is 4. The van der Waals surface area contributed by atoms with Gasteiger partial charge in [-0.3, -0.25) is 9.79 Å². The first kappa shape index (κ1) is 20.9. The number of carbonyl (C=O) groups excluding carboxylic acids is 1. The van der Waals surface area contributed by atoms with Gasteiger partial charge in [-0.1, -0.05) is 19.1 Å². The Hall–Kier alpha value is -2.41. The van der Waals surface area contributed by atoms with Crippen LogP contribution in [-0.2, 0) is 17.8 Å². The molecule has 0 fully saturated rings. The molecule has 1 heterocycles. The summed E-state index contributed by atoms with van der Waals surface area (Å²) in [4.78, 5) is 21.7. The molecule has 0 aliphatic rings. The maximum Gasteiger partial charge on any atom is 0.224 e. The molecule has 0 bridgehead atoms. The molecule has 0 aliphatic heterocycles.